The molecule has 4 rings (SSSR count). The Morgan fingerprint density at radius 3 is 2.67 bits per heavy atom. The number of aromatic nitrogens is 5. The number of fused-ring (bicyclic) bond motifs is 3. The van der Waals surface area contributed by atoms with Gasteiger partial charge in [-0.15, -0.1) is 10.2 Å². The number of benzene rings is 1. The number of para-hydroxylation sites is 1. The van der Waals surface area contributed by atoms with Crippen molar-refractivity contribution in [2.45, 2.75) is 25.0 Å². The van der Waals surface area contributed by atoms with E-state index in [0.29, 0.717) is 34.1 Å². The van der Waals surface area contributed by atoms with Gasteiger partial charge in [0.2, 0.25) is 11.7 Å². The van der Waals surface area contributed by atoms with Crippen LogP contribution in [0.5, 0.6) is 0 Å². The Morgan fingerprint density at radius 1 is 1.13 bits per heavy atom. The summed E-state index contributed by atoms with van der Waals surface area (Å²) in [6, 6.07) is 10.6. The normalized spacial score (nSPS) is 11.3. The average Bonchev–Trinajstić information content (AvgIpc) is 3.36. The van der Waals surface area contributed by atoms with Crippen LogP contribution in [0.25, 0.3) is 16.7 Å². The van der Waals surface area contributed by atoms with E-state index in [1.165, 1.54) is 0 Å². The molecule has 3 aromatic heterocycles. The van der Waals surface area contributed by atoms with E-state index in [-0.39, 0.29) is 11.3 Å². The van der Waals surface area contributed by atoms with E-state index in [1.54, 1.807) is 45.0 Å². The molecule has 1 aromatic carbocycles. The van der Waals surface area contributed by atoms with Gasteiger partial charge in [0, 0.05) is 19.8 Å². The highest BCUT2D eigenvalue weighted by atomic mass is 32.2. The van der Waals surface area contributed by atoms with Crippen molar-refractivity contribution in [1.82, 2.24) is 29.0 Å². The average molecular weight is 424 g/mol. The first-order valence-corrected chi connectivity index (χ1v) is 10.4. The number of imide groups is 1. The van der Waals surface area contributed by atoms with E-state index in [9.17, 15) is 14.4 Å². The second-order valence-corrected chi connectivity index (χ2v) is 7.70. The summed E-state index contributed by atoms with van der Waals surface area (Å²) in [5.41, 5.74) is 0.961. The summed E-state index contributed by atoms with van der Waals surface area (Å²) in [5.74, 6) is -0.475. The van der Waals surface area contributed by atoms with Crippen LogP contribution in [0.1, 0.15) is 23.8 Å². The highest BCUT2D eigenvalue weighted by Gasteiger charge is 2.18. The minimum absolute atomic E-state index is 0.0157. The number of hydrogen-bond acceptors (Lipinski definition) is 6. The van der Waals surface area contributed by atoms with Crippen LogP contribution in [-0.4, -0.2) is 41.3 Å². The number of aryl methyl sites for hydroxylation is 2. The molecule has 0 atom stereocenters. The molecule has 0 aliphatic carbocycles. The molecule has 0 spiro atoms. The summed E-state index contributed by atoms with van der Waals surface area (Å²) in [7, 11) is 1.73. The standard InChI is InChI=1S/C20H20N6O3S/c1-3-10-25-18(29)13-7-4-5-8-14(13)26-19(25)22-23-20(26)30-12-16(27)21-17(28)15-9-6-11-24(15)2/h4-9,11H,3,10,12H2,1-2H3,(H,21,27,28). The predicted octanol–water partition coefficient (Wildman–Crippen LogP) is 1.84. The summed E-state index contributed by atoms with van der Waals surface area (Å²) in [6.07, 6.45) is 2.50. The van der Waals surface area contributed by atoms with Gasteiger partial charge in [-0.2, -0.15) is 0 Å². The molecule has 154 valence electrons. The lowest BCUT2D eigenvalue weighted by Gasteiger charge is -2.10. The van der Waals surface area contributed by atoms with Gasteiger partial charge < -0.3 is 4.57 Å². The van der Waals surface area contributed by atoms with Gasteiger partial charge in [-0.3, -0.25) is 28.7 Å². The number of rotatable bonds is 6. The lowest BCUT2D eigenvalue weighted by Crippen LogP contribution is -2.33. The van der Waals surface area contributed by atoms with Crippen LogP contribution in [0.15, 0.2) is 52.5 Å². The Hall–Kier alpha value is -3.40. The molecule has 0 unspecified atom stereocenters. The van der Waals surface area contributed by atoms with E-state index in [0.717, 1.165) is 18.2 Å². The largest absolute Gasteiger partial charge is 0.347 e. The number of hydrogen-bond donors (Lipinski definition) is 1. The summed E-state index contributed by atoms with van der Waals surface area (Å²) in [6.45, 7) is 2.50. The van der Waals surface area contributed by atoms with Crippen LogP contribution in [-0.2, 0) is 18.4 Å². The van der Waals surface area contributed by atoms with Crippen LogP contribution in [0.4, 0.5) is 0 Å². The maximum absolute atomic E-state index is 12.8. The van der Waals surface area contributed by atoms with Gasteiger partial charge in [0.05, 0.1) is 16.7 Å². The van der Waals surface area contributed by atoms with Crippen molar-refractivity contribution in [3.05, 3.63) is 58.6 Å². The van der Waals surface area contributed by atoms with Crippen LogP contribution >= 0.6 is 11.8 Å². The summed E-state index contributed by atoms with van der Waals surface area (Å²) in [5, 5.41) is 11.8. The van der Waals surface area contributed by atoms with Gasteiger partial charge in [0.1, 0.15) is 5.69 Å². The molecular weight excluding hydrogens is 404 g/mol. The number of nitrogens with zero attached hydrogens (tertiary/aromatic N) is 5. The molecule has 0 fully saturated rings. The zero-order valence-electron chi connectivity index (χ0n) is 16.5. The van der Waals surface area contributed by atoms with Crippen LogP contribution in [0.2, 0.25) is 0 Å². The van der Waals surface area contributed by atoms with Crippen molar-refractivity contribution < 1.29 is 9.59 Å². The van der Waals surface area contributed by atoms with E-state index in [2.05, 4.69) is 15.5 Å². The number of nitrogens with one attached hydrogen (secondary N) is 1. The second kappa shape index (κ2) is 8.15. The minimum Gasteiger partial charge on any atom is -0.347 e. The first-order chi connectivity index (χ1) is 14.5. The van der Waals surface area contributed by atoms with Gasteiger partial charge in [0.15, 0.2) is 5.16 Å². The zero-order chi connectivity index (χ0) is 21.3. The van der Waals surface area contributed by atoms with Gasteiger partial charge in [-0.25, -0.2) is 0 Å². The highest BCUT2D eigenvalue weighted by Crippen LogP contribution is 2.21. The van der Waals surface area contributed by atoms with Crippen LogP contribution in [0, 0.1) is 0 Å². The van der Waals surface area contributed by atoms with Crippen molar-refractivity contribution >= 4 is 40.3 Å². The maximum Gasteiger partial charge on any atom is 0.274 e. The smallest absolute Gasteiger partial charge is 0.274 e. The second-order valence-electron chi connectivity index (χ2n) is 6.76. The summed E-state index contributed by atoms with van der Waals surface area (Å²) < 4.78 is 5.02. The third kappa shape index (κ3) is 3.50. The van der Waals surface area contributed by atoms with Gasteiger partial charge in [-0.1, -0.05) is 30.8 Å². The first-order valence-electron chi connectivity index (χ1n) is 9.46. The van der Waals surface area contributed by atoms with E-state index < -0.39 is 11.8 Å². The van der Waals surface area contributed by atoms with E-state index >= 15 is 0 Å². The van der Waals surface area contributed by atoms with Crippen molar-refractivity contribution in [2.24, 2.45) is 7.05 Å². The van der Waals surface area contributed by atoms with Crippen molar-refractivity contribution in [1.29, 1.82) is 0 Å². The molecule has 10 heteroatoms. The number of thioether (sulfide) groups is 1. The van der Waals surface area contributed by atoms with E-state index in [4.69, 9.17) is 0 Å². The minimum atomic E-state index is -0.457. The third-order valence-corrected chi connectivity index (χ3v) is 5.62. The molecule has 0 radical (unpaired) electrons. The molecule has 30 heavy (non-hydrogen) atoms. The number of carbonyl (C=O) groups is 2. The first kappa shape index (κ1) is 19.9. The van der Waals surface area contributed by atoms with Gasteiger partial charge in [0.25, 0.3) is 11.5 Å². The number of carbonyl (C=O) groups excluding carboxylic acids is 2. The fourth-order valence-corrected chi connectivity index (χ4v) is 4.05. The summed E-state index contributed by atoms with van der Waals surface area (Å²) >= 11 is 1.16. The van der Waals surface area contributed by atoms with Crippen LogP contribution < -0.4 is 10.9 Å². The molecule has 0 aliphatic heterocycles. The van der Waals surface area contributed by atoms with Crippen LogP contribution in [0.3, 0.4) is 0 Å². The molecule has 2 amide bonds. The third-order valence-electron chi connectivity index (χ3n) is 4.69. The molecular formula is C20H20N6O3S. The van der Waals surface area contributed by atoms with Crippen molar-refractivity contribution in [2.75, 3.05) is 5.75 Å². The molecule has 1 N–H and O–H groups in total. The molecule has 0 bridgehead atoms. The van der Waals surface area contributed by atoms with Gasteiger partial charge in [-0.05, 0) is 30.7 Å². The highest BCUT2D eigenvalue weighted by molar-refractivity contribution is 7.99. The maximum atomic E-state index is 12.8. The fourth-order valence-electron chi connectivity index (χ4n) is 3.31. The Balaban J connectivity index is 1.62. The van der Waals surface area contributed by atoms with E-state index in [1.807, 2.05) is 25.1 Å². The Kier molecular flexibility index (Phi) is 5.40. The Labute approximate surface area is 175 Å². The van der Waals surface area contributed by atoms with Crippen molar-refractivity contribution in [3.63, 3.8) is 0 Å². The molecule has 0 aliphatic rings. The zero-order valence-corrected chi connectivity index (χ0v) is 17.3. The Bertz CT molecular complexity index is 1320. The predicted molar refractivity (Wildman–Crippen MR) is 114 cm³/mol. The SMILES string of the molecule is CCCn1c(=O)c2ccccc2n2c(SCC(=O)NC(=O)c3cccn3C)nnc12. The van der Waals surface area contributed by atoms with Gasteiger partial charge >= 0.3 is 0 Å². The molecule has 0 saturated carbocycles. The molecule has 3 heterocycles. The molecule has 0 saturated heterocycles. The molecule has 4 aromatic rings. The lowest BCUT2D eigenvalue weighted by molar-refractivity contribution is -0.117. The quantitative estimate of drug-likeness (QED) is 0.474. The molecule has 9 nitrogen and oxygen atoms in total. The Morgan fingerprint density at radius 2 is 1.93 bits per heavy atom. The van der Waals surface area contributed by atoms with Crippen molar-refractivity contribution in [3.8, 4) is 0 Å². The topological polar surface area (TPSA) is 103 Å². The monoisotopic (exact) mass is 424 g/mol. The summed E-state index contributed by atoms with van der Waals surface area (Å²) in [4.78, 5) is 37.4. The number of amides is 2. The fraction of sp³-hybridized carbons (Fsp3) is 0.250. The lowest BCUT2D eigenvalue weighted by atomic mass is 10.2.